The third-order valence-corrected chi connectivity index (χ3v) is 9.56. The van der Waals surface area contributed by atoms with Gasteiger partial charge in [-0.3, -0.25) is 19.5 Å². The highest BCUT2D eigenvalue weighted by atomic mass is 16.5. The maximum atomic E-state index is 13.7. The average molecular weight is 577 g/mol. The number of nitrogens with one attached hydrogen (secondary N) is 2. The van der Waals surface area contributed by atoms with Crippen molar-refractivity contribution in [2.24, 2.45) is 17.6 Å². The van der Waals surface area contributed by atoms with Crippen molar-refractivity contribution < 1.29 is 14.3 Å². The Kier molecular flexibility index (Phi) is 9.81. The van der Waals surface area contributed by atoms with Gasteiger partial charge < -0.3 is 26.0 Å². The second-order valence-electron chi connectivity index (χ2n) is 12.7. The van der Waals surface area contributed by atoms with Crippen molar-refractivity contribution in [3.63, 3.8) is 0 Å². The normalized spacial score (nSPS) is 26.9. The van der Waals surface area contributed by atoms with Crippen LogP contribution in [0.5, 0.6) is 0 Å². The summed E-state index contributed by atoms with van der Waals surface area (Å²) in [7, 11) is 2.13. The summed E-state index contributed by atoms with van der Waals surface area (Å²) in [5.74, 6) is -0.148. The van der Waals surface area contributed by atoms with E-state index in [4.69, 9.17) is 15.5 Å². The van der Waals surface area contributed by atoms with E-state index < -0.39 is 0 Å². The fraction of sp³-hybridized carbons (Fsp3) is 0.606. The zero-order chi connectivity index (χ0) is 29.8. The van der Waals surface area contributed by atoms with Crippen LogP contribution in [0.4, 0.5) is 5.69 Å². The molecule has 9 heteroatoms. The fourth-order valence-corrected chi connectivity index (χ4v) is 6.81. The molecule has 0 radical (unpaired) electrons. The van der Waals surface area contributed by atoms with Crippen molar-refractivity contribution in [2.75, 3.05) is 44.8 Å². The molecular formula is C33H48N6O3. The topological polar surface area (TPSA) is 113 Å². The zero-order valence-corrected chi connectivity index (χ0v) is 25.7. The monoisotopic (exact) mass is 576 g/mol. The third-order valence-electron chi connectivity index (χ3n) is 9.56. The van der Waals surface area contributed by atoms with E-state index in [0.717, 1.165) is 93.0 Å². The van der Waals surface area contributed by atoms with Gasteiger partial charge in [0.2, 0.25) is 5.91 Å². The van der Waals surface area contributed by atoms with Gasteiger partial charge in [0, 0.05) is 74.4 Å². The number of amides is 2. The first-order valence-corrected chi connectivity index (χ1v) is 15.7. The molecule has 3 aliphatic rings. The lowest BCUT2D eigenvalue weighted by Crippen LogP contribution is -2.50. The first-order valence-electron chi connectivity index (χ1n) is 15.7. The molecule has 5 rings (SSSR count). The van der Waals surface area contributed by atoms with Gasteiger partial charge in [0.1, 0.15) is 0 Å². The molecule has 0 bridgehead atoms. The number of hydrogen-bond acceptors (Lipinski definition) is 7. The number of piperidine rings is 1. The van der Waals surface area contributed by atoms with E-state index >= 15 is 0 Å². The molecule has 3 fully saturated rings. The number of nitrogens with two attached hydrogens (primary N) is 1. The molecule has 3 heterocycles. The average Bonchev–Trinajstić information content (AvgIpc) is 2.97. The van der Waals surface area contributed by atoms with E-state index in [1.54, 1.807) is 0 Å². The summed E-state index contributed by atoms with van der Waals surface area (Å²) in [4.78, 5) is 35.9. The van der Waals surface area contributed by atoms with Crippen LogP contribution >= 0.6 is 0 Å². The molecule has 1 aliphatic carbocycles. The number of anilines is 1. The number of hydrogen-bond donors (Lipinski definition) is 3. The van der Waals surface area contributed by atoms with Crippen molar-refractivity contribution >= 4 is 17.5 Å². The lowest BCUT2D eigenvalue weighted by molar-refractivity contribution is -0.129. The van der Waals surface area contributed by atoms with Gasteiger partial charge in [-0.2, -0.15) is 0 Å². The number of rotatable bonds is 8. The number of carbonyl (C=O) groups excluding carboxylic acids is 2. The number of aromatic nitrogens is 1. The Morgan fingerprint density at radius 1 is 1.14 bits per heavy atom. The number of benzene rings is 1. The molecule has 1 aromatic carbocycles. The molecular weight excluding hydrogens is 528 g/mol. The van der Waals surface area contributed by atoms with Gasteiger partial charge in [-0.25, -0.2) is 0 Å². The Morgan fingerprint density at radius 3 is 2.55 bits per heavy atom. The highest BCUT2D eigenvalue weighted by molar-refractivity contribution is 5.99. The maximum absolute atomic E-state index is 13.7. The number of ether oxygens (including phenoxy) is 1. The minimum atomic E-state index is -0.231. The van der Waals surface area contributed by atoms with Crippen LogP contribution in [0.2, 0.25) is 0 Å². The lowest BCUT2D eigenvalue weighted by Gasteiger charge is -2.36. The van der Waals surface area contributed by atoms with Gasteiger partial charge in [-0.1, -0.05) is 13.0 Å². The molecule has 2 aliphatic heterocycles. The molecule has 42 heavy (non-hydrogen) atoms. The quantitative estimate of drug-likeness (QED) is 0.441. The number of nitrogens with zero attached hydrogens (tertiary/aromatic N) is 3. The summed E-state index contributed by atoms with van der Waals surface area (Å²) < 4.78 is 5.48. The van der Waals surface area contributed by atoms with Crippen molar-refractivity contribution in [3.05, 3.63) is 47.3 Å². The molecule has 228 valence electrons. The summed E-state index contributed by atoms with van der Waals surface area (Å²) in [6.45, 7) is 10.6. The summed E-state index contributed by atoms with van der Waals surface area (Å²) in [5.41, 5.74) is 11.8. The van der Waals surface area contributed by atoms with E-state index in [1.807, 2.05) is 26.1 Å². The van der Waals surface area contributed by atoms with Crippen molar-refractivity contribution in [3.8, 4) is 11.1 Å². The largest absolute Gasteiger partial charge is 0.379 e. The SMILES string of the molecule is Cc1c(C(=O)NCC2C(=O)NC(C)CC2C)cc(-c2ccc(CN3CCOCC3)nc2)cc1N(C)C1CCC(N)CC1. The molecule has 1 saturated carbocycles. The Morgan fingerprint density at radius 2 is 1.88 bits per heavy atom. The predicted octanol–water partition coefficient (Wildman–Crippen LogP) is 3.49. The first kappa shape index (κ1) is 30.4. The highest BCUT2D eigenvalue weighted by Gasteiger charge is 2.33. The van der Waals surface area contributed by atoms with Crippen molar-refractivity contribution in [2.45, 2.75) is 77.5 Å². The summed E-state index contributed by atoms with van der Waals surface area (Å²) >= 11 is 0. The Balaban J connectivity index is 1.40. The molecule has 3 unspecified atom stereocenters. The van der Waals surface area contributed by atoms with Crippen molar-refractivity contribution in [1.82, 2.24) is 20.5 Å². The molecule has 2 amide bonds. The van der Waals surface area contributed by atoms with Crippen LogP contribution in [0.1, 0.15) is 67.6 Å². The summed E-state index contributed by atoms with van der Waals surface area (Å²) in [5, 5.41) is 6.14. The molecule has 1 aromatic heterocycles. The van der Waals surface area contributed by atoms with Crippen LogP contribution in [0, 0.1) is 18.8 Å². The summed E-state index contributed by atoms with van der Waals surface area (Å²) in [6.07, 6.45) is 6.92. The Labute approximate surface area is 250 Å². The van der Waals surface area contributed by atoms with Gasteiger partial charge in [0.25, 0.3) is 5.91 Å². The minimum absolute atomic E-state index is 0.0196. The molecule has 9 nitrogen and oxygen atoms in total. The second-order valence-corrected chi connectivity index (χ2v) is 12.7. The van der Waals surface area contributed by atoms with Gasteiger partial charge >= 0.3 is 0 Å². The predicted molar refractivity (Wildman–Crippen MR) is 166 cm³/mol. The van der Waals surface area contributed by atoms with Crippen LogP contribution in [0.25, 0.3) is 11.1 Å². The summed E-state index contributed by atoms with van der Waals surface area (Å²) in [6, 6.07) is 9.17. The number of carbonyl (C=O) groups is 2. The van der Waals surface area contributed by atoms with Crippen molar-refractivity contribution in [1.29, 1.82) is 0 Å². The maximum Gasteiger partial charge on any atom is 0.251 e. The minimum Gasteiger partial charge on any atom is -0.379 e. The van der Waals surface area contributed by atoms with E-state index in [0.29, 0.717) is 18.2 Å². The van der Waals surface area contributed by atoms with Crippen LogP contribution in [0.15, 0.2) is 30.5 Å². The van der Waals surface area contributed by atoms with Gasteiger partial charge in [-0.05, 0) is 81.2 Å². The standard InChI is InChI=1S/C33H48N6O3/c1-21-15-22(2)37-33(41)30(21)19-36-32(40)29-16-25(17-31(23(29)3)38(4)28-9-6-26(34)7-10-28)24-5-8-27(35-18-24)20-39-11-13-42-14-12-39/h5,8,16-18,21-22,26,28,30H,6-7,9-15,19-20,34H2,1-4H3,(H,36,40)(H,37,41). The van der Waals surface area contributed by atoms with Crippen LogP contribution in [-0.2, 0) is 16.1 Å². The van der Waals surface area contributed by atoms with Crippen LogP contribution in [-0.4, -0.2) is 79.7 Å². The fourth-order valence-electron chi connectivity index (χ4n) is 6.81. The second kappa shape index (κ2) is 13.5. The Hall–Kier alpha value is -3.01. The first-order chi connectivity index (χ1) is 20.2. The molecule has 4 N–H and O–H groups in total. The van der Waals surface area contributed by atoms with E-state index in [2.05, 4.69) is 52.6 Å². The Bertz CT molecular complexity index is 1240. The van der Waals surface area contributed by atoms with Crippen LogP contribution in [0.3, 0.4) is 0 Å². The van der Waals surface area contributed by atoms with E-state index in [9.17, 15) is 9.59 Å². The molecule has 3 atom stereocenters. The molecule has 0 spiro atoms. The highest BCUT2D eigenvalue weighted by Crippen LogP contribution is 2.34. The van der Waals surface area contributed by atoms with Gasteiger partial charge in [-0.15, -0.1) is 0 Å². The van der Waals surface area contributed by atoms with Gasteiger partial charge in [0.15, 0.2) is 0 Å². The van der Waals surface area contributed by atoms with Gasteiger partial charge in [0.05, 0.1) is 24.8 Å². The molecule has 2 aromatic rings. The van der Waals surface area contributed by atoms with E-state index in [1.165, 1.54) is 0 Å². The number of morpholine rings is 1. The zero-order valence-electron chi connectivity index (χ0n) is 25.7. The third kappa shape index (κ3) is 7.13. The smallest absolute Gasteiger partial charge is 0.251 e. The lowest BCUT2D eigenvalue weighted by atomic mass is 9.84. The van der Waals surface area contributed by atoms with Crippen LogP contribution < -0.4 is 21.3 Å². The van der Waals surface area contributed by atoms with E-state index in [-0.39, 0.29) is 35.7 Å². The molecule has 2 saturated heterocycles. The number of pyridine rings is 1.